The van der Waals surface area contributed by atoms with E-state index in [-0.39, 0.29) is 12.2 Å². The maximum absolute atomic E-state index is 14.8. The Bertz CT molecular complexity index is 1370. The smallest absolute Gasteiger partial charge is 0.132 e. The van der Waals surface area contributed by atoms with E-state index in [0.717, 1.165) is 22.2 Å². The van der Waals surface area contributed by atoms with Gasteiger partial charge in [0.2, 0.25) is 0 Å². The fourth-order valence-electron chi connectivity index (χ4n) is 4.50. The number of fused-ring (bicyclic) bond motifs is 1. The summed E-state index contributed by atoms with van der Waals surface area (Å²) in [6.45, 7) is 12.0. The summed E-state index contributed by atoms with van der Waals surface area (Å²) in [6.07, 6.45) is 0.271. The number of nitrogens with zero attached hydrogens (tertiary/aromatic N) is 2. The SMILES string of the molecule is CC.Cc1cc(-n2c(C(C)(C)CC#N)c(C)c3c(OCc4ccccc4)cc(F)cc32)ccc1F. The molecule has 0 fully saturated rings. The molecule has 1 heterocycles. The number of ether oxygens (including phenoxy) is 1. The molecular weight excluding hydrogens is 442 g/mol. The van der Waals surface area contributed by atoms with Gasteiger partial charge < -0.3 is 9.30 Å². The van der Waals surface area contributed by atoms with E-state index in [4.69, 9.17) is 4.74 Å². The molecule has 0 saturated heterocycles. The van der Waals surface area contributed by atoms with Crippen LogP contribution in [0.3, 0.4) is 0 Å². The van der Waals surface area contributed by atoms with Gasteiger partial charge in [0.05, 0.1) is 11.6 Å². The Balaban J connectivity index is 0.00000167. The summed E-state index contributed by atoms with van der Waals surface area (Å²) in [5.74, 6) is -0.284. The zero-order chi connectivity index (χ0) is 25.8. The maximum atomic E-state index is 14.8. The first-order chi connectivity index (χ1) is 16.7. The normalized spacial score (nSPS) is 11.1. The molecule has 0 radical (unpaired) electrons. The second-order valence-electron chi connectivity index (χ2n) is 9.03. The monoisotopic (exact) mass is 474 g/mol. The Kier molecular flexibility index (Phi) is 7.96. The van der Waals surface area contributed by atoms with Crippen LogP contribution < -0.4 is 4.74 Å². The Morgan fingerprint density at radius 1 is 0.971 bits per heavy atom. The highest BCUT2D eigenvalue weighted by Gasteiger charge is 2.31. The van der Waals surface area contributed by atoms with E-state index in [0.29, 0.717) is 29.1 Å². The van der Waals surface area contributed by atoms with Gasteiger partial charge in [0.15, 0.2) is 0 Å². The van der Waals surface area contributed by atoms with Crippen molar-refractivity contribution >= 4 is 10.9 Å². The number of aromatic nitrogens is 1. The fraction of sp³-hybridized carbons (Fsp3) is 0.300. The van der Waals surface area contributed by atoms with Gasteiger partial charge in [-0.3, -0.25) is 0 Å². The third-order valence-electron chi connectivity index (χ3n) is 6.04. The molecule has 0 atom stereocenters. The predicted octanol–water partition coefficient (Wildman–Crippen LogP) is 8.32. The van der Waals surface area contributed by atoms with E-state index < -0.39 is 11.2 Å². The van der Waals surface area contributed by atoms with Crippen LogP contribution in [0.15, 0.2) is 60.7 Å². The van der Waals surface area contributed by atoms with E-state index in [2.05, 4.69) is 6.07 Å². The van der Waals surface area contributed by atoms with Crippen molar-refractivity contribution in [2.45, 2.75) is 60.0 Å². The van der Waals surface area contributed by atoms with Gasteiger partial charge in [-0.2, -0.15) is 5.26 Å². The summed E-state index contributed by atoms with van der Waals surface area (Å²) < 4.78 is 36.9. The van der Waals surface area contributed by atoms with Crippen molar-refractivity contribution in [3.8, 4) is 17.5 Å². The molecule has 0 saturated carbocycles. The van der Waals surface area contributed by atoms with Crippen LogP contribution in [0.5, 0.6) is 5.75 Å². The predicted molar refractivity (Wildman–Crippen MR) is 138 cm³/mol. The summed E-state index contributed by atoms with van der Waals surface area (Å²) in [6, 6.07) is 19.7. The quantitative estimate of drug-likeness (QED) is 0.282. The van der Waals surface area contributed by atoms with Gasteiger partial charge in [-0.25, -0.2) is 8.78 Å². The van der Waals surface area contributed by atoms with Crippen LogP contribution in [0.2, 0.25) is 0 Å². The average molecular weight is 475 g/mol. The van der Waals surface area contributed by atoms with E-state index in [1.807, 2.05) is 69.5 Å². The van der Waals surface area contributed by atoms with Crippen molar-refractivity contribution in [1.82, 2.24) is 4.57 Å². The molecule has 4 aromatic rings. The molecule has 3 aromatic carbocycles. The Morgan fingerprint density at radius 3 is 2.29 bits per heavy atom. The van der Waals surface area contributed by atoms with Crippen molar-refractivity contribution in [3.63, 3.8) is 0 Å². The molecule has 182 valence electrons. The van der Waals surface area contributed by atoms with E-state index in [9.17, 15) is 14.0 Å². The van der Waals surface area contributed by atoms with Gasteiger partial charge in [-0.1, -0.05) is 58.0 Å². The Morgan fingerprint density at radius 2 is 1.66 bits per heavy atom. The van der Waals surface area contributed by atoms with Crippen molar-refractivity contribution in [2.24, 2.45) is 0 Å². The van der Waals surface area contributed by atoms with Crippen LogP contribution >= 0.6 is 0 Å². The fourth-order valence-corrected chi connectivity index (χ4v) is 4.50. The minimum Gasteiger partial charge on any atom is -0.488 e. The first-order valence-corrected chi connectivity index (χ1v) is 11.9. The van der Waals surface area contributed by atoms with Crippen LogP contribution in [-0.2, 0) is 12.0 Å². The zero-order valence-electron chi connectivity index (χ0n) is 21.2. The van der Waals surface area contributed by atoms with Gasteiger partial charge in [-0.15, -0.1) is 0 Å². The molecule has 0 aliphatic carbocycles. The first-order valence-electron chi connectivity index (χ1n) is 11.9. The molecule has 0 spiro atoms. The van der Waals surface area contributed by atoms with Crippen LogP contribution in [0.1, 0.15) is 56.5 Å². The highest BCUT2D eigenvalue weighted by Crippen LogP contribution is 2.42. The molecule has 0 amide bonds. The van der Waals surface area contributed by atoms with Crippen LogP contribution in [0.4, 0.5) is 8.78 Å². The summed E-state index contributed by atoms with van der Waals surface area (Å²) in [4.78, 5) is 0. The van der Waals surface area contributed by atoms with Gasteiger partial charge >= 0.3 is 0 Å². The minimum absolute atomic E-state index is 0.271. The van der Waals surface area contributed by atoms with Gasteiger partial charge in [0.25, 0.3) is 0 Å². The minimum atomic E-state index is -0.534. The van der Waals surface area contributed by atoms with Gasteiger partial charge in [-0.05, 0) is 54.8 Å². The van der Waals surface area contributed by atoms with Crippen molar-refractivity contribution in [2.75, 3.05) is 0 Å². The number of aryl methyl sites for hydroxylation is 2. The maximum Gasteiger partial charge on any atom is 0.132 e. The number of nitriles is 1. The van der Waals surface area contributed by atoms with Crippen molar-refractivity contribution < 1.29 is 13.5 Å². The molecule has 35 heavy (non-hydrogen) atoms. The lowest BCUT2D eigenvalue weighted by Crippen LogP contribution is -2.22. The first kappa shape index (κ1) is 26.0. The van der Waals surface area contributed by atoms with E-state index in [1.165, 1.54) is 18.2 Å². The Hall–Kier alpha value is -3.65. The lowest BCUT2D eigenvalue weighted by Gasteiger charge is -2.26. The van der Waals surface area contributed by atoms with Crippen LogP contribution in [0, 0.1) is 36.8 Å². The topological polar surface area (TPSA) is 38.0 Å². The second kappa shape index (κ2) is 10.7. The lowest BCUT2D eigenvalue weighted by atomic mass is 9.83. The third-order valence-corrected chi connectivity index (χ3v) is 6.04. The molecule has 5 heteroatoms. The van der Waals surface area contributed by atoms with Crippen molar-refractivity contribution in [3.05, 3.63) is 94.7 Å². The van der Waals surface area contributed by atoms with E-state index >= 15 is 0 Å². The van der Waals surface area contributed by atoms with Crippen LogP contribution in [-0.4, -0.2) is 4.57 Å². The highest BCUT2D eigenvalue weighted by atomic mass is 19.1. The van der Waals surface area contributed by atoms with Crippen molar-refractivity contribution in [1.29, 1.82) is 5.26 Å². The zero-order valence-corrected chi connectivity index (χ0v) is 21.2. The third kappa shape index (κ3) is 5.22. The molecule has 3 nitrogen and oxygen atoms in total. The largest absolute Gasteiger partial charge is 0.488 e. The summed E-state index contributed by atoms with van der Waals surface area (Å²) in [7, 11) is 0. The number of halogens is 2. The molecule has 0 aliphatic heterocycles. The summed E-state index contributed by atoms with van der Waals surface area (Å²) >= 11 is 0. The second-order valence-corrected chi connectivity index (χ2v) is 9.03. The molecule has 0 unspecified atom stereocenters. The number of rotatable bonds is 6. The number of benzene rings is 3. The van der Waals surface area contributed by atoms with Crippen LogP contribution in [0.25, 0.3) is 16.6 Å². The molecule has 4 rings (SSSR count). The molecular formula is C30H32F2N2O. The molecule has 0 bridgehead atoms. The standard InChI is InChI=1S/C28H26F2N2O.C2H6/c1-18-14-22(10-11-23(18)30)32-24-15-21(29)16-25(33-17-20-8-6-5-7-9-20)26(24)19(2)27(32)28(3,4)12-13-31;1-2/h5-11,14-16H,12,17H2,1-4H3;1-2H3. The summed E-state index contributed by atoms with van der Waals surface area (Å²) in [5, 5.41) is 10.3. The number of hydrogen-bond donors (Lipinski definition) is 0. The number of hydrogen-bond acceptors (Lipinski definition) is 2. The average Bonchev–Trinajstić information content (AvgIpc) is 3.14. The Labute approximate surface area is 206 Å². The van der Waals surface area contributed by atoms with E-state index in [1.54, 1.807) is 19.1 Å². The van der Waals surface area contributed by atoms with Gasteiger partial charge in [0, 0.05) is 34.7 Å². The molecule has 0 aliphatic rings. The molecule has 0 N–H and O–H groups in total. The van der Waals surface area contributed by atoms with Gasteiger partial charge in [0.1, 0.15) is 24.0 Å². The lowest BCUT2D eigenvalue weighted by molar-refractivity contribution is 0.308. The highest BCUT2D eigenvalue weighted by molar-refractivity contribution is 5.93. The summed E-state index contributed by atoms with van der Waals surface area (Å²) in [5.41, 5.74) is 4.07. The molecule has 1 aromatic heterocycles.